The number of methoxy groups -OCH3 is 2. The third-order valence-electron chi connectivity index (χ3n) is 0.403. The Morgan fingerprint density at radius 2 is 1.57 bits per heavy atom. The van der Waals surface area contributed by atoms with Gasteiger partial charge in [0.1, 0.15) is 0 Å². The zero-order chi connectivity index (χ0) is 4.99. The quantitative estimate of drug-likeness (QED) is 0.450. The molecule has 0 aromatic carbocycles. The van der Waals surface area contributed by atoms with Crippen LogP contribution in [0.5, 0.6) is 0 Å². The molecule has 0 atom stereocenters. The predicted molar refractivity (Wildman–Crippen MR) is 23.6 cm³/mol. The van der Waals surface area contributed by atoms with Crippen LogP contribution < -0.4 is 0 Å². The van der Waals surface area contributed by atoms with Gasteiger partial charge in [0.15, 0.2) is 0 Å². The molecular weight excluding hydrogens is 100 g/mol. The molecule has 0 aliphatic carbocycles. The van der Waals surface area contributed by atoms with Crippen LogP contribution in [0, 0.1) is 0 Å². The summed E-state index contributed by atoms with van der Waals surface area (Å²) in [6, 6.07) is 0. The summed E-state index contributed by atoms with van der Waals surface area (Å²) in [5.41, 5.74) is 0. The Morgan fingerprint density at radius 3 is 1.57 bits per heavy atom. The summed E-state index contributed by atoms with van der Waals surface area (Å²) in [6.07, 6.45) is 0. The zero-order valence-corrected chi connectivity index (χ0v) is 4.34. The summed E-state index contributed by atoms with van der Waals surface area (Å²) < 4.78 is 8.47. The lowest BCUT2D eigenvalue weighted by Crippen LogP contribution is -2.09. The fraction of sp³-hybridized carbons (Fsp3) is 1.00. The minimum Gasteiger partial charge on any atom is -0.412 e. The topological polar surface area (TPSA) is 70.2 Å². The highest BCUT2D eigenvalue weighted by atomic mass is 16.8. The summed E-state index contributed by atoms with van der Waals surface area (Å²) >= 11 is 0. The van der Waals surface area contributed by atoms with Crippen molar-refractivity contribution in [1.82, 2.24) is 0 Å². The van der Waals surface area contributed by atoms with Gasteiger partial charge in [-0.15, -0.1) is 0 Å². The molecule has 0 aliphatic rings. The van der Waals surface area contributed by atoms with E-state index in [1.165, 1.54) is 14.2 Å². The molecule has 0 unspecified atom stereocenters. The maximum Gasteiger partial charge on any atom is 0.268 e. The summed E-state index contributed by atoms with van der Waals surface area (Å²) in [5, 5.41) is 8.22. The van der Waals surface area contributed by atoms with Gasteiger partial charge >= 0.3 is 0 Å². The van der Waals surface area contributed by atoms with Gasteiger partial charge < -0.3 is 20.1 Å². The number of aliphatic hydroxyl groups excluding tert-OH is 1. The molecule has 0 fully saturated rings. The monoisotopic (exact) mass is 110 g/mol. The second kappa shape index (κ2) is 5.84. The van der Waals surface area contributed by atoms with Gasteiger partial charge in [-0.2, -0.15) is 0 Å². The van der Waals surface area contributed by atoms with E-state index < -0.39 is 6.48 Å². The van der Waals surface area contributed by atoms with Crippen LogP contribution in [0.4, 0.5) is 0 Å². The Morgan fingerprint density at radius 1 is 1.29 bits per heavy atom. The summed E-state index contributed by atoms with van der Waals surface area (Å²) in [6.45, 7) is -1.06. The molecule has 0 radical (unpaired) electrons. The van der Waals surface area contributed by atoms with Gasteiger partial charge in [-0.3, -0.25) is 0 Å². The Hall–Kier alpha value is -0.160. The molecule has 0 rings (SSSR count). The first-order valence-electron chi connectivity index (χ1n) is 1.55. The molecule has 0 amide bonds. The lowest BCUT2D eigenvalue weighted by atomic mass is 11.2. The number of ether oxygens (including phenoxy) is 2. The van der Waals surface area contributed by atoms with Crippen LogP contribution in [0.3, 0.4) is 0 Å². The molecule has 0 aliphatic heterocycles. The van der Waals surface area contributed by atoms with E-state index in [1.807, 2.05) is 0 Å². The molecule has 0 spiro atoms. The van der Waals surface area contributed by atoms with Crippen molar-refractivity contribution in [3.05, 3.63) is 0 Å². The molecule has 7 heavy (non-hydrogen) atoms. The third-order valence-corrected chi connectivity index (χ3v) is 0.403. The molecule has 0 saturated carbocycles. The highest BCUT2D eigenvalue weighted by Gasteiger charge is 1.90. The Kier molecular flexibility index (Phi) is 8.31. The van der Waals surface area contributed by atoms with Crippen molar-refractivity contribution in [2.75, 3.05) is 14.2 Å². The van der Waals surface area contributed by atoms with E-state index in [4.69, 9.17) is 5.11 Å². The molecule has 0 bridgehead atoms. The first-order chi connectivity index (χ1) is 2.81. The van der Waals surface area contributed by atoms with E-state index >= 15 is 0 Å². The SMILES string of the molecule is COC(O)OC.O. The van der Waals surface area contributed by atoms with E-state index in [0.717, 1.165) is 0 Å². The summed E-state index contributed by atoms with van der Waals surface area (Å²) in [7, 11) is 2.71. The molecule has 0 aromatic rings. The smallest absolute Gasteiger partial charge is 0.268 e. The van der Waals surface area contributed by atoms with E-state index in [2.05, 4.69) is 9.47 Å². The molecule has 4 heteroatoms. The van der Waals surface area contributed by atoms with Crippen LogP contribution in [-0.2, 0) is 9.47 Å². The van der Waals surface area contributed by atoms with Crippen molar-refractivity contribution in [2.24, 2.45) is 0 Å². The third kappa shape index (κ3) is 5.84. The first-order valence-corrected chi connectivity index (χ1v) is 1.55. The van der Waals surface area contributed by atoms with Gasteiger partial charge in [0.25, 0.3) is 6.48 Å². The van der Waals surface area contributed by atoms with E-state index in [1.54, 1.807) is 0 Å². The van der Waals surface area contributed by atoms with Gasteiger partial charge in [-0.1, -0.05) is 0 Å². The van der Waals surface area contributed by atoms with E-state index in [0.29, 0.717) is 0 Å². The van der Waals surface area contributed by atoms with Gasteiger partial charge in [0.05, 0.1) is 0 Å². The first kappa shape index (κ1) is 9.96. The molecular formula is C3H10O4. The molecule has 0 aromatic heterocycles. The maximum absolute atomic E-state index is 8.22. The maximum atomic E-state index is 8.22. The average Bonchev–Trinajstić information content (AvgIpc) is 1.65. The number of hydrogen-bond donors (Lipinski definition) is 1. The summed E-state index contributed by atoms with van der Waals surface area (Å²) in [4.78, 5) is 0. The average molecular weight is 110 g/mol. The fourth-order valence-corrected chi connectivity index (χ4v) is 0.0962. The van der Waals surface area contributed by atoms with Crippen molar-refractivity contribution in [2.45, 2.75) is 6.48 Å². The normalized spacial score (nSPS) is 8.57. The minimum atomic E-state index is -1.06. The highest BCUT2D eigenvalue weighted by molar-refractivity contribution is 4.00. The largest absolute Gasteiger partial charge is 0.412 e. The minimum absolute atomic E-state index is 0. The Bertz CT molecular complexity index is 26.1. The fourth-order valence-electron chi connectivity index (χ4n) is 0.0962. The Balaban J connectivity index is 0. The second-order valence-corrected chi connectivity index (χ2v) is 0.778. The van der Waals surface area contributed by atoms with Crippen LogP contribution in [-0.4, -0.2) is 31.3 Å². The predicted octanol–water partition coefficient (Wildman–Crippen LogP) is -1.27. The van der Waals surface area contributed by atoms with Crippen molar-refractivity contribution >= 4 is 0 Å². The molecule has 0 heterocycles. The van der Waals surface area contributed by atoms with Crippen LogP contribution in [0.25, 0.3) is 0 Å². The lowest BCUT2D eigenvalue weighted by Gasteiger charge is -2.01. The number of rotatable bonds is 2. The van der Waals surface area contributed by atoms with E-state index in [-0.39, 0.29) is 5.48 Å². The summed E-state index contributed by atoms with van der Waals surface area (Å²) in [5.74, 6) is 0. The Labute approximate surface area is 42.0 Å². The zero-order valence-electron chi connectivity index (χ0n) is 4.34. The van der Waals surface area contributed by atoms with E-state index in [9.17, 15) is 0 Å². The molecule has 0 saturated heterocycles. The number of aliphatic hydroxyl groups is 1. The second-order valence-electron chi connectivity index (χ2n) is 0.778. The van der Waals surface area contributed by atoms with Gasteiger partial charge in [0, 0.05) is 14.2 Å². The van der Waals surface area contributed by atoms with Crippen LogP contribution >= 0.6 is 0 Å². The van der Waals surface area contributed by atoms with Crippen LogP contribution in [0.1, 0.15) is 0 Å². The van der Waals surface area contributed by atoms with Gasteiger partial charge in [-0.05, 0) is 0 Å². The van der Waals surface area contributed by atoms with Crippen molar-refractivity contribution in [3.63, 3.8) is 0 Å². The van der Waals surface area contributed by atoms with Gasteiger partial charge in [-0.25, -0.2) is 0 Å². The van der Waals surface area contributed by atoms with Gasteiger partial charge in [0.2, 0.25) is 0 Å². The van der Waals surface area contributed by atoms with Crippen molar-refractivity contribution in [1.29, 1.82) is 0 Å². The van der Waals surface area contributed by atoms with Crippen molar-refractivity contribution < 1.29 is 20.1 Å². The lowest BCUT2D eigenvalue weighted by molar-refractivity contribution is -0.236. The highest BCUT2D eigenvalue weighted by Crippen LogP contribution is 1.78. The molecule has 3 N–H and O–H groups in total. The van der Waals surface area contributed by atoms with Crippen LogP contribution in [0.2, 0.25) is 0 Å². The molecule has 4 nitrogen and oxygen atoms in total. The molecule has 46 valence electrons. The number of hydrogen-bond acceptors (Lipinski definition) is 3. The van der Waals surface area contributed by atoms with Crippen molar-refractivity contribution in [3.8, 4) is 0 Å². The van der Waals surface area contributed by atoms with Crippen LogP contribution in [0.15, 0.2) is 0 Å². The standard InChI is InChI=1S/C3H8O3.H2O/c1-5-3(4)6-2;/h3-4H,1-2H3;1H2.